The number of rotatable bonds is 1. The van der Waals surface area contributed by atoms with Crippen LogP contribution in [0.5, 0.6) is 5.75 Å². The van der Waals surface area contributed by atoms with Crippen LogP contribution in [-0.4, -0.2) is 37.8 Å². The predicted molar refractivity (Wildman–Crippen MR) is 90.3 cm³/mol. The normalized spacial score (nSPS) is 23.6. The Hall–Kier alpha value is -1.85. The summed E-state index contributed by atoms with van der Waals surface area (Å²) in [6.45, 7) is 5.58. The summed E-state index contributed by atoms with van der Waals surface area (Å²) in [5.41, 5.74) is 7.05. The number of hydrogen-bond donors (Lipinski definition) is 2. The molecule has 0 spiro atoms. The summed E-state index contributed by atoms with van der Waals surface area (Å²) in [7, 11) is 0. The Kier molecular flexibility index (Phi) is 6.62. The van der Waals surface area contributed by atoms with E-state index in [-0.39, 0.29) is 17.9 Å². The van der Waals surface area contributed by atoms with Crippen molar-refractivity contribution in [1.82, 2.24) is 5.32 Å². The van der Waals surface area contributed by atoms with Gasteiger partial charge >= 0.3 is 0 Å². The second kappa shape index (κ2) is 8.70. The fraction of sp³-hybridized carbons (Fsp3) is 0.500. The van der Waals surface area contributed by atoms with Crippen LogP contribution in [0.1, 0.15) is 19.4 Å². The van der Waals surface area contributed by atoms with Gasteiger partial charge in [0, 0.05) is 0 Å². The van der Waals surface area contributed by atoms with Gasteiger partial charge in [-0.3, -0.25) is 4.79 Å². The van der Waals surface area contributed by atoms with Crippen molar-refractivity contribution in [3.63, 3.8) is 0 Å². The maximum Gasteiger partial charge on any atom is 0.237 e. The molecule has 0 saturated heterocycles. The highest BCUT2D eigenvalue weighted by Gasteiger charge is 2.21. The Bertz CT molecular complexity index is 526. The van der Waals surface area contributed by atoms with Gasteiger partial charge in [0.1, 0.15) is 12.4 Å². The quantitative estimate of drug-likeness (QED) is 0.773. The highest BCUT2D eigenvalue weighted by molar-refractivity contribution is 5.82. The number of benzene rings is 1. The SMILES string of the molecule is CC(C)[C@H]1COCC=CCOc2ccc(cc2)C[C@@H](N)C(=O)N1. The molecule has 2 aliphatic rings. The molecule has 5 nitrogen and oxygen atoms in total. The van der Waals surface area contributed by atoms with Gasteiger partial charge in [-0.1, -0.05) is 32.1 Å². The van der Waals surface area contributed by atoms with E-state index in [1.165, 1.54) is 0 Å². The van der Waals surface area contributed by atoms with Crippen LogP contribution in [0.3, 0.4) is 0 Å². The summed E-state index contributed by atoms with van der Waals surface area (Å²) in [6.07, 6.45) is 4.35. The van der Waals surface area contributed by atoms with Crippen LogP contribution < -0.4 is 15.8 Å². The third-order valence-corrected chi connectivity index (χ3v) is 3.87. The Labute approximate surface area is 137 Å². The molecule has 1 aromatic rings. The molecule has 23 heavy (non-hydrogen) atoms. The number of ether oxygens (including phenoxy) is 2. The third kappa shape index (κ3) is 5.69. The molecule has 0 fully saturated rings. The number of nitrogens with one attached hydrogen (secondary N) is 1. The lowest BCUT2D eigenvalue weighted by Crippen LogP contribution is -2.49. The highest BCUT2D eigenvalue weighted by atomic mass is 16.5. The molecule has 2 bridgehead atoms. The minimum Gasteiger partial charge on any atom is -0.490 e. The smallest absolute Gasteiger partial charge is 0.237 e. The summed E-state index contributed by atoms with van der Waals surface area (Å²) in [6, 6.07) is 7.06. The number of hydrogen-bond acceptors (Lipinski definition) is 4. The Balaban J connectivity index is 2.11. The van der Waals surface area contributed by atoms with Gasteiger partial charge in [-0.25, -0.2) is 0 Å². The molecular formula is C18H26N2O3. The van der Waals surface area contributed by atoms with Crippen LogP contribution in [0.2, 0.25) is 0 Å². The van der Waals surface area contributed by atoms with Gasteiger partial charge in [-0.15, -0.1) is 0 Å². The van der Waals surface area contributed by atoms with E-state index in [1.807, 2.05) is 36.4 Å². The lowest BCUT2D eigenvalue weighted by atomic mass is 10.0. The van der Waals surface area contributed by atoms with Crippen LogP contribution in [0.15, 0.2) is 36.4 Å². The van der Waals surface area contributed by atoms with E-state index in [4.69, 9.17) is 15.2 Å². The first-order chi connectivity index (χ1) is 11.1. The molecule has 3 N–H and O–H groups in total. The molecule has 3 rings (SSSR count). The zero-order valence-corrected chi connectivity index (χ0v) is 13.8. The van der Waals surface area contributed by atoms with E-state index in [2.05, 4.69) is 19.2 Å². The number of carbonyl (C=O) groups excluding carboxylic acids is 1. The largest absolute Gasteiger partial charge is 0.490 e. The van der Waals surface area contributed by atoms with Crippen molar-refractivity contribution in [2.75, 3.05) is 19.8 Å². The lowest BCUT2D eigenvalue weighted by molar-refractivity contribution is -0.123. The van der Waals surface area contributed by atoms with E-state index in [9.17, 15) is 4.79 Å². The molecule has 0 aliphatic carbocycles. The van der Waals surface area contributed by atoms with Crippen molar-refractivity contribution < 1.29 is 14.3 Å². The molecule has 0 saturated carbocycles. The molecule has 1 aromatic carbocycles. The van der Waals surface area contributed by atoms with Gasteiger partial charge in [-0.2, -0.15) is 0 Å². The topological polar surface area (TPSA) is 73.6 Å². The minimum absolute atomic E-state index is 0.0477. The third-order valence-electron chi connectivity index (χ3n) is 3.87. The van der Waals surface area contributed by atoms with Crippen LogP contribution >= 0.6 is 0 Å². The maximum absolute atomic E-state index is 12.3. The molecule has 0 radical (unpaired) electrons. The van der Waals surface area contributed by atoms with Crippen LogP contribution in [0.4, 0.5) is 0 Å². The molecule has 0 unspecified atom stereocenters. The highest BCUT2D eigenvalue weighted by Crippen LogP contribution is 2.14. The molecular weight excluding hydrogens is 292 g/mol. The maximum atomic E-state index is 12.3. The number of fused-ring (bicyclic) bond motifs is 12. The number of nitrogens with two attached hydrogens (primary N) is 1. The second-order valence-electron chi connectivity index (χ2n) is 6.13. The summed E-state index contributed by atoms with van der Waals surface area (Å²) >= 11 is 0. The van der Waals surface area contributed by atoms with E-state index in [1.54, 1.807) is 0 Å². The first-order valence-electron chi connectivity index (χ1n) is 8.06. The Morgan fingerprint density at radius 1 is 1.17 bits per heavy atom. The lowest BCUT2D eigenvalue weighted by Gasteiger charge is -2.24. The molecule has 5 heteroatoms. The first-order valence-corrected chi connectivity index (χ1v) is 8.06. The molecule has 2 atom stereocenters. The molecule has 1 amide bonds. The summed E-state index contributed by atoms with van der Waals surface area (Å²) < 4.78 is 11.2. The zero-order chi connectivity index (χ0) is 16.7. The predicted octanol–water partition coefficient (Wildman–Crippen LogP) is 1.66. The Morgan fingerprint density at radius 2 is 1.87 bits per heavy atom. The van der Waals surface area contributed by atoms with Crippen LogP contribution in [0.25, 0.3) is 0 Å². The average Bonchev–Trinajstić information content (AvgIpc) is 2.53. The second-order valence-corrected chi connectivity index (χ2v) is 6.13. The van der Waals surface area contributed by atoms with Crippen molar-refractivity contribution in [2.45, 2.75) is 32.4 Å². The summed E-state index contributed by atoms with van der Waals surface area (Å²) in [5, 5.41) is 3.00. The van der Waals surface area contributed by atoms with Crippen molar-refractivity contribution >= 4 is 5.91 Å². The Morgan fingerprint density at radius 3 is 2.57 bits per heavy atom. The van der Waals surface area contributed by atoms with Gasteiger partial charge in [0.15, 0.2) is 0 Å². The summed E-state index contributed by atoms with van der Waals surface area (Å²) in [5.74, 6) is 0.927. The monoisotopic (exact) mass is 318 g/mol. The molecule has 2 heterocycles. The van der Waals surface area contributed by atoms with Crippen molar-refractivity contribution in [3.8, 4) is 5.75 Å². The van der Waals surface area contributed by atoms with Crippen LogP contribution in [0, 0.1) is 5.92 Å². The van der Waals surface area contributed by atoms with Gasteiger partial charge in [0.25, 0.3) is 0 Å². The molecule has 2 aliphatic heterocycles. The fourth-order valence-electron chi connectivity index (χ4n) is 2.30. The van der Waals surface area contributed by atoms with Gasteiger partial charge in [0.05, 0.1) is 25.3 Å². The van der Waals surface area contributed by atoms with Gasteiger partial charge < -0.3 is 20.5 Å². The first kappa shape index (κ1) is 17.5. The van der Waals surface area contributed by atoms with Crippen molar-refractivity contribution in [3.05, 3.63) is 42.0 Å². The summed E-state index contributed by atoms with van der Waals surface area (Å²) in [4.78, 5) is 12.3. The van der Waals surface area contributed by atoms with E-state index in [0.29, 0.717) is 26.2 Å². The molecule has 0 aromatic heterocycles. The average molecular weight is 318 g/mol. The van der Waals surface area contributed by atoms with Crippen LogP contribution in [-0.2, 0) is 16.0 Å². The number of carbonyl (C=O) groups is 1. The van der Waals surface area contributed by atoms with E-state index >= 15 is 0 Å². The fourth-order valence-corrected chi connectivity index (χ4v) is 2.30. The van der Waals surface area contributed by atoms with E-state index < -0.39 is 6.04 Å². The van der Waals surface area contributed by atoms with Gasteiger partial charge in [0.2, 0.25) is 5.91 Å². The minimum atomic E-state index is -0.573. The van der Waals surface area contributed by atoms with Crippen molar-refractivity contribution in [2.24, 2.45) is 11.7 Å². The zero-order valence-electron chi connectivity index (χ0n) is 13.8. The molecule has 126 valence electrons. The number of amides is 1. The standard InChI is InChI=1S/C18H26N2O3/c1-13(2)17-12-22-9-3-4-10-23-15-7-5-14(6-8-15)11-16(19)18(21)20-17/h3-8,13,16-17H,9-12,19H2,1-2H3,(H,20,21)/t16-,17-/m1/s1. The van der Waals surface area contributed by atoms with E-state index in [0.717, 1.165) is 11.3 Å². The van der Waals surface area contributed by atoms with Gasteiger partial charge in [-0.05, 0) is 36.1 Å². The van der Waals surface area contributed by atoms with Crippen molar-refractivity contribution in [1.29, 1.82) is 0 Å².